The summed E-state index contributed by atoms with van der Waals surface area (Å²) < 4.78 is 0. The summed E-state index contributed by atoms with van der Waals surface area (Å²) in [5, 5.41) is 10.1. The van der Waals surface area contributed by atoms with Crippen LogP contribution in [0.1, 0.15) is 34.2 Å². The van der Waals surface area contributed by atoms with E-state index < -0.39 is 0 Å². The highest BCUT2D eigenvalue weighted by atomic mass is 32.1. The molecule has 4 heteroatoms. The summed E-state index contributed by atoms with van der Waals surface area (Å²) in [6, 6.07) is 18.3. The molecule has 1 aromatic heterocycles. The second-order valence-electron chi connectivity index (χ2n) is 6.03. The maximum Gasteiger partial charge on any atom is 0.190 e. The summed E-state index contributed by atoms with van der Waals surface area (Å²) in [5.74, 6) is 0. The third-order valence-corrected chi connectivity index (χ3v) is 5.66. The van der Waals surface area contributed by atoms with Crippen molar-refractivity contribution < 1.29 is 0 Å². The minimum Gasteiger partial charge on any atom is -0.313 e. The van der Waals surface area contributed by atoms with Gasteiger partial charge in [0.1, 0.15) is 0 Å². The molecule has 0 fully saturated rings. The molecule has 0 amide bonds. The molecule has 3 nitrogen and oxygen atoms in total. The molecule has 0 atom stereocenters. The van der Waals surface area contributed by atoms with Crippen molar-refractivity contribution in [2.45, 2.75) is 33.7 Å². The lowest BCUT2D eigenvalue weighted by molar-refractivity contribution is 0.949. The van der Waals surface area contributed by atoms with Crippen LogP contribution in [0.2, 0.25) is 0 Å². The molecule has 0 spiro atoms. The van der Waals surface area contributed by atoms with Crippen molar-refractivity contribution >= 4 is 22.2 Å². The molecule has 0 bridgehead atoms. The predicted molar refractivity (Wildman–Crippen MR) is 104 cm³/mol. The van der Waals surface area contributed by atoms with E-state index in [0.717, 1.165) is 29.5 Å². The van der Waals surface area contributed by atoms with E-state index in [-0.39, 0.29) is 0 Å². The zero-order chi connectivity index (χ0) is 17.8. The molecular weight excluding hydrogens is 326 g/mol. The molecule has 1 heterocycles. The smallest absolute Gasteiger partial charge is 0.190 e. The molecule has 0 aliphatic carbocycles. The van der Waals surface area contributed by atoms with Crippen molar-refractivity contribution in [1.82, 2.24) is 4.98 Å². The van der Waals surface area contributed by atoms with Gasteiger partial charge in [-0.2, -0.15) is 5.26 Å². The van der Waals surface area contributed by atoms with Crippen molar-refractivity contribution in [3.8, 4) is 6.07 Å². The summed E-state index contributed by atoms with van der Waals surface area (Å²) in [5.41, 5.74) is 5.37. The van der Waals surface area contributed by atoms with Crippen LogP contribution in [0.3, 0.4) is 0 Å². The second kappa shape index (κ2) is 7.50. The molecule has 126 valence electrons. The fourth-order valence-electron chi connectivity index (χ4n) is 2.80. The van der Waals surface area contributed by atoms with Crippen LogP contribution in [0.4, 0.5) is 10.8 Å². The molecule has 0 radical (unpaired) electrons. The molecule has 0 saturated carbocycles. The summed E-state index contributed by atoms with van der Waals surface area (Å²) >= 11 is 1.75. The Labute approximate surface area is 153 Å². The number of benzene rings is 2. The van der Waals surface area contributed by atoms with Crippen molar-refractivity contribution in [3.05, 3.63) is 75.8 Å². The average molecular weight is 347 g/mol. The van der Waals surface area contributed by atoms with Crippen LogP contribution in [0.5, 0.6) is 0 Å². The van der Waals surface area contributed by atoms with Gasteiger partial charge in [0, 0.05) is 10.6 Å². The number of aryl methyl sites for hydroxylation is 3. The quantitative estimate of drug-likeness (QED) is 0.609. The van der Waals surface area contributed by atoms with Gasteiger partial charge < -0.3 is 4.90 Å². The Morgan fingerprint density at radius 1 is 1.08 bits per heavy atom. The lowest BCUT2D eigenvalue weighted by Crippen LogP contribution is -2.17. The van der Waals surface area contributed by atoms with Gasteiger partial charge in [-0.1, -0.05) is 31.2 Å². The first-order valence-electron chi connectivity index (χ1n) is 8.41. The molecule has 2 aromatic carbocycles. The molecule has 25 heavy (non-hydrogen) atoms. The van der Waals surface area contributed by atoms with E-state index in [2.05, 4.69) is 56.0 Å². The number of hydrogen-bond donors (Lipinski definition) is 0. The zero-order valence-electron chi connectivity index (χ0n) is 14.8. The van der Waals surface area contributed by atoms with Crippen molar-refractivity contribution in [3.63, 3.8) is 0 Å². The van der Waals surface area contributed by atoms with E-state index in [4.69, 9.17) is 10.2 Å². The highest BCUT2D eigenvalue weighted by molar-refractivity contribution is 7.15. The number of thiazole rings is 1. The van der Waals surface area contributed by atoms with Gasteiger partial charge in [-0.3, -0.25) is 0 Å². The molecular formula is C21H21N3S. The third kappa shape index (κ3) is 3.72. The number of hydrogen-bond acceptors (Lipinski definition) is 4. The Hall–Kier alpha value is -2.64. The van der Waals surface area contributed by atoms with E-state index >= 15 is 0 Å². The Kier molecular flexibility index (Phi) is 5.16. The van der Waals surface area contributed by atoms with Crippen molar-refractivity contribution in [2.75, 3.05) is 4.90 Å². The Balaban J connectivity index is 2.03. The molecule has 0 N–H and O–H groups in total. The van der Waals surface area contributed by atoms with Crippen molar-refractivity contribution in [2.24, 2.45) is 0 Å². The number of nitrogens with zero attached hydrogens (tertiary/aromatic N) is 3. The summed E-state index contributed by atoms with van der Waals surface area (Å²) in [4.78, 5) is 8.36. The van der Waals surface area contributed by atoms with Gasteiger partial charge in [0.05, 0.1) is 23.9 Å². The Morgan fingerprint density at radius 3 is 2.40 bits per heavy atom. The summed E-state index contributed by atoms with van der Waals surface area (Å²) in [6.07, 6.45) is 0.995. The molecule has 0 saturated heterocycles. The highest BCUT2D eigenvalue weighted by Crippen LogP contribution is 2.33. The van der Waals surface area contributed by atoms with Crippen LogP contribution < -0.4 is 4.90 Å². The van der Waals surface area contributed by atoms with E-state index in [9.17, 15) is 0 Å². The van der Waals surface area contributed by atoms with Gasteiger partial charge in [0.25, 0.3) is 0 Å². The predicted octanol–water partition coefficient (Wildman–Crippen LogP) is 5.53. The summed E-state index contributed by atoms with van der Waals surface area (Å²) in [7, 11) is 0. The fourth-order valence-corrected chi connectivity index (χ4v) is 3.82. The Morgan fingerprint density at radius 2 is 1.80 bits per heavy atom. The van der Waals surface area contributed by atoms with Gasteiger partial charge in [-0.15, -0.1) is 11.3 Å². The minimum atomic E-state index is 0.671. The van der Waals surface area contributed by atoms with Gasteiger partial charge >= 0.3 is 0 Å². The lowest BCUT2D eigenvalue weighted by atomic mass is 10.1. The monoisotopic (exact) mass is 347 g/mol. The zero-order valence-corrected chi connectivity index (χ0v) is 15.6. The Bertz CT molecular complexity index is 904. The second-order valence-corrected chi connectivity index (χ2v) is 7.09. The van der Waals surface area contributed by atoms with Gasteiger partial charge in [0.15, 0.2) is 5.13 Å². The average Bonchev–Trinajstić information content (AvgIpc) is 3.01. The first kappa shape index (κ1) is 17.2. The van der Waals surface area contributed by atoms with Crippen LogP contribution in [0.25, 0.3) is 0 Å². The van der Waals surface area contributed by atoms with Gasteiger partial charge in [-0.05, 0) is 55.7 Å². The van der Waals surface area contributed by atoms with Crippen LogP contribution in [-0.2, 0) is 13.0 Å². The van der Waals surface area contributed by atoms with Crippen LogP contribution >= 0.6 is 11.3 Å². The van der Waals surface area contributed by atoms with Gasteiger partial charge in [0.2, 0.25) is 0 Å². The minimum absolute atomic E-state index is 0.671. The normalized spacial score (nSPS) is 10.5. The first-order chi connectivity index (χ1) is 12.1. The topological polar surface area (TPSA) is 39.9 Å². The first-order valence-corrected chi connectivity index (χ1v) is 9.22. The van der Waals surface area contributed by atoms with Crippen LogP contribution in [0, 0.1) is 25.2 Å². The summed E-state index contributed by atoms with van der Waals surface area (Å²) in [6.45, 7) is 7.13. The standard InChI is InChI=1S/C21H21N3S/c1-4-20-16(3)23-21(25-20)24(14-18-8-6-5-7-15(18)2)19-11-9-17(13-22)10-12-19/h5-12H,4,14H2,1-3H3. The van der Waals surface area contributed by atoms with E-state index in [1.54, 1.807) is 11.3 Å². The van der Waals surface area contributed by atoms with E-state index in [0.29, 0.717) is 5.56 Å². The van der Waals surface area contributed by atoms with Crippen LogP contribution in [0.15, 0.2) is 48.5 Å². The van der Waals surface area contributed by atoms with Gasteiger partial charge in [-0.25, -0.2) is 4.98 Å². The third-order valence-electron chi connectivity index (χ3n) is 4.33. The molecule has 0 aliphatic rings. The SMILES string of the molecule is CCc1sc(N(Cc2ccccc2C)c2ccc(C#N)cc2)nc1C. The molecule has 3 rings (SSSR count). The maximum absolute atomic E-state index is 9.05. The number of anilines is 2. The molecule has 0 unspecified atom stereocenters. The highest BCUT2D eigenvalue weighted by Gasteiger charge is 2.17. The number of nitriles is 1. The van der Waals surface area contributed by atoms with E-state index in [1.807, 2.05) is 24.3 Å². The largest absolute Gasteiger partial charge is 0.313 e. The number of rotatable bonds is 5. The number of aromatic nitrogens is 1. The van der Waals surface area contributed by atoms with Crippen LogP contribution in [-0.4, -0.2) is 4.98 Å². The molecule has 0 aliphatic heterocycles. The molecule has 3 aromatic rings. The fraction of sp³-hybridized carbons (Fsp3) is 0.238. The maximum atomic E-state index is 9.05. The lowest BCUT2D eigenvalue weighted by Gasteiger charge is -2.23. The van der Waals surface area contributed by atoms with Crippen molar-refractivity contribution in [1.29, 1.82) is 5.26 Å². The van der Waals surface area contributed by atoms with E-state index in [1.165, 1.54) is 16.0 Å².